The fraction of sp³-hybridized carbons (Fsp3) is 0.333. The van der Waals surface area contributed by atoms with E-state index in [0.717, 1.165) is 12.1 Å². The Bertz CT molecular complexity index is 114. The van der Waals surface area contributed by atoms with Crippen molar-refractivity contribution in [3.8, 4) is 0 Å². The molecule has 44 valence electrons. The third-order valence-electron chi connectivity index (χ3n) is 0.806. The average Bonchev–Trinajstić information content (AvgIpc) is 1.83. The van der Waals surface area contributed by atoms with E-state index in [4.69, 9.17) is 0 Å². The van der Waals surface area contributed by atoms with Gasteiger partial charge in [-0.3, -0.25) is 9.98 Å². The summed E-state index contributed by atoms with van der Waals surface area (Å²) in [5.41, 5.74) is 0.875. The normalized spacial score (nSPS) is 10.9. The standard InChI is InChI=1S/C6H10N2/c1-4-6(8-3)5-7-2/h5H,2-4H2,1H3/b6-5-. The molecule has 8 heavy (non-hydrogen) atoms. The van der Waals surface area contributed by atoms with Crippen LogP contribution in [0.2, 0.25) is 0 Å². The molecule has 0 N–H and O–H groups in total. The molecule has 0 aliphatic rings. The van der Waals surface area contributed by atoms with Crippen LogP contribution in [-0.4, -0.2) is 13.4 Å². The van der Waals surface area contributed by atoms with E-state index in [0.29, 0.717) is 0 Å². The van der Waals surface area contributed by atoms with Gasteiger partial charge in [-0.25, -0.2) is 0 Å². The Morgan fingerprint density at radius 2 is 2.25 bits per heavy atom. The SMILES string of the molecule is C=N/C=C(/CC)N=C. The van der Waals surface area contributed by atoms with Crippen LogP contribution in [0.15, 0.2) is 21.9 Å². The summed E-state index contributed by atoms with van der Waals surface area (Å²) >= 11 is 0. The highest BCUT2D eigenvalue weighted by Gasteiger charge is 1.81. The van der Waals surface area contributed by atoms with Crippen LogP contribution in [0.4, 0.5) is 0 Å². The maximum atomic E-state index is 3.67. The molecule has 0 unspecified atom stereocenters. The van der Waals surface area contributed by atoms with Gasteiger partial charge in [0.2, 0.25) is 0 Å². The third-order valence-corrected chi connectivity index (χ3v) is 0.806. The Morgan fingerprint density at radius 3 is 2.38 bits per heavy atom. The molecule has 2 nitrogen and oxygen atoms in total. The molecular weight excluding hydrogens is 100 g/mol. The van der Waals surface area contributed by atoms with Crippen LogP contribution in [0.5, 0.6) is 0 Å². The van der Waals surface area contributed by atoms with E-state index in [1.807, 2.05) is 6.92 Å². The maximum absolute atomic E-state index is 3.67. The minimum absolute atomic E-state index is 0.864. The van der Waals surface area contributed by atoms with Crippen LogP contribution in [0.1, 0.15) is 13.3 Å². The second kappa shape index (κ2) is 4.24. The van der Waals surface area contributed by atoms with Gasteiger partial charge in [-0.05, 0) is 19.9 Å². The Labute approximate surface area is 49.7 Å². The topological polar surface area (TPSA) is 24.7 Å². The minimum Gasteiger partial charge on any atom is -0.271 e. The van der Waals surface area contributed by atoms with Gasteiger partial charge in [0, 0.05) is 6.20 Å². The minimum atomic E-state index is 0.864. The fourth-order valence-electron chi connectivity index (χ4n) is 0.349. The van der Waals surface area contributed by atoms with Gasteiger partial charge >= 0.3 is 0 Å². The Balaban J connectivity index is 3.84. The molecule has 0 radical (unpaired) electrons. The molecule has 0 saturated heterocycles. The first-order chi connectivity index (χ1) is 3.85. The summed E-state index contributed by atoms with van der Waals surface area (Å²) in [6.45, 7) is 8.62. The molecule has 0 spiro atoms. The molecule has 0 aromatic heterocycles. The molecule has 0 bridgehead atoms. The Morgan fingerprint density at radius 1 is 1.62 bits per heavy atom. The van der Waals surface area contributed by atoms with Crippen LogP contribution < -0.4 is 0 Å². The van der Waals surface area contributed by atoms with Gasteiger partial charge in [-0.2, -0.15) is 0 Å². The molecule has 0 atom stereocenters. The van der Waals surface area contributed by atoms with Crippen LogP contribution >= 0.6 is 0 Å². The maximum Gasteiger partial charge on any atom is 0.0575 e. The fourth-order valence-corrected chi connectivity index (χ4v) is 0.349. The first-order valence-electron chi connectivity index (χ1n) is 2.46. The van der Waals surface area contributed by atoms with Gasteiger partial charge in [-0.15, -0.1) is 0 Å². The zero-order valence-corrected chi connectivity index (χ0v) is 5.09. The average molecular weight is 110 g/mol. The Hall–Kier alpha value is -0.920. The lowest BCUT2D eigenvalue weighted by Gasteiger charge is -1.87. The number of nitrogens with zero attached hydrogens (tertiary/aromatic N) is 2. The number of rotatable bonds is 3. The third kappa shape index (κ3) is 2.29. The predicted octanol–water partition coefficient (Wildman–Crippen LogP) is 1.64. The van der Waals surface area contributed by atoms with Crippen molar-refractivity contribution in [2.45, 2.75) is 13.3 Å². The van der Waals surface area contributed by atoms with Gasteiger partial charge in [0.05, 0.1) is 5.70 Å². The molecule has 0 saturated carbocycles. The van der Waals surface area contributed by atoms with E-state index in [1.54, 1.807) is 6.20 Å². The monoisotopic (exact) mass is 110 g/mol. The number of hydrogen-bond donors (Lipinski definition) is 0. The van der Waals surface area contributed by atoms with Gasteiger partial charge in [0.1, 0.15) is 0 Å². The van der Waals surface area contributed by atoms with Gasteiger partial charge in [0.15, 0.2) is 0 Å². The summed E-state index contributed by atoms with van der Waals surface area (Å²) in [6, 6.07) is 0. The first kappa shape index (κ1) is 7.08. The van der Waals surface area contributed by atoms with Crippen molar-refractivity contribution < 1.29 is 0 Å². The molecular formula is C6H10N2. The molecule has 2 heteroatoms. The van der Waals surface area contributed by atoms with E-state index < -0.39 is 0 Å². The van der Waals surface area contributed by atoms with E-state index >= 15 is 0 Å². The van der Waals surface area contributed by atoms with Crippen LogP contribution in [0, 0.1) is 0 Å². The lowest BCUT2D eigenvalue weighted by atomic mass is 10.4. The summed E-state index contributed by atoms with van der Waals surface area (Å²) in [5.74, 6) is 0. The summed E-state index contributed by atoms with van der Waals surface area (Å²) in [5, 5.41) is 0. The predicted molar refractivity (Wildman–Crippen MR) is 37.5 cm³/mol. The molecule has 0 heterocycles. The highest BCUT2D eigenvalue weighted by atomic mass is 14.8. The van der Waals surface area contributed by atoms with E-state index in [9.17, 15) is 0 Å². The van der Waals surface area contributed by atoms with E-state index in [-0.39, 0.29) is 0 Å². The highest BCUT2D eigenvalue weighted by Crippen LogP contribution is 1.98. The number of hydrogen-bond acceptors (Lipinski definition) is 2. The number of aliphatic imine (C=N–C) groups is 2. The molecule has 0 aromatic carbocycles. The van der Waals surface area contributed by atoms with Crippen molar-refractivity contribution in [1.29, 1.82) is 0 Å². The molecule has 0 aromatic rings. The zero-order valence-electron chi connectivity index (χ0n) is 5.09. The quantitative estimate of drug-likeness (QED) is 0.493. The van der Waals surface area contributed by atoms with Crippen molar-refractivity contribution >= 4 is 13.4 Å². The Kier molecular flexibility index (Phi) is 3.76. The van der Waals surface area contributed by atoms with Crippen LogP contribution in [0.25, 0.3) is 0 Å². The molecule has 0 aliphatic carbocycles. The highest BCUT2D eigenvalue weighted by molar-refractivity contribution is 5.31. The summed E-state index contributed by atoms with van der Waals surface area (Å²) in [7, 11) is 0. The molecule has 0 amide bonds. The van der Waals surface area contributed by atoms with E-state index in [1.165, 1.54) is 0 Å². The van der Waals surface area contributed by atoms with Crippen molar-refractivity contribution in [2.75, 3.05) is 0 Å². The van der Waals surface area contributed by atoms with Crippen molar-refractivity contribution in [2.24, 2.45) is 9.98 Å². The van der Waals surface area contributed by atoms with Gasteiger partial charge in [0.25, 0.3) is 0 Å². The van der Waals surface area contributed by atoms with Crippen molar-refractivity contribution in [3.63, 3.8) is 0 Å². The van der Waals surface area contributed by atoms with Gasteiger partial charge in [-0.1, -0.05) is 6.92 Å². The molecule has 0 rings (SSSR count). The largest absolute Gasteiger partial charge is 0.271 e. The lowest BCUT2D eigenvalue weighted by Crippen LogP contribution is -1.69. The van der Waals surface area contributed by atoms with Crippen molar-refractivity contribution in [1.82, 2.24) is 0 Å². The lowest BCUT2D eigenvalue weighted by molar-refractivity contribution is 1.06. The summed E-state index contributed by atoms with van der Waals surface area (Å²) < 4.78 is 0. The summed E-state index contributed by atoms with van der Waals surface area (Å²) in [6.07, 6.45) is 2.47. The molecule has 0 aliphatic heterocycles. The first-order valence-corrected chi connectivity index (χ1v) is 2.46. The smallest absolute Gasteiger partial charge is 0.0575 e. The number of allylic oxidation sites excluding steroid dienone is 1. The van der Waals surface area contributed by atoms with Gasteiger partial charge < -0.3 is 0 Å². The zero-order chi connectivity index (χ0) is 6.41. The van der Waals surface area contributed by atoms with Crippen LogP contribution in [0.3, 0.4) is 0 Å². The second-order valence-corrected chi connectivity index (χ2v) is 1.31. The van der Waals surface area contributed by atoms with Crippen LogP contribution in [-0.2, 0) is 0 Å². The summed E-state index contributed by atoms with van der Waals surface area (Å²) in [4.78, 5) is 7.21. The second-order valence-electron chi connectivity index (χ2n) is 1.31. The van der Waals surface area contributed by atoms with E-state index in [2.05, 4.69) is 23.4 Å². The van der Waals surface area contributed by atoms with Crippen molar-refractivity contribution in [3.05, 3.63) is 11.9 Å². The molecule has 0 fully saturated rings.